The van der Waals surface area contributed by atoms with E-state index in [0.29, 0.717) is 17.1 Å². The van der Waals surface area contributed by atoms with Crippen molar-refractivity contribution in [2.75, 3.05) is 16.0 Å². The summed E-state index contributed by atoms with van der Waals surface area (Å²) in [6.45, 7) is 1.99. The summed E-state index contributed by atoms with van der Waals surface area (Å²) in [4.78, 5) is 14.3. The van der Waals surface area contributed by atoms with Crippen LogP contribution in [0.4, 0.5) is 33.2 Å². The van der Waals surface area contributed by atoms with Gasteiger partial charge in [0.15, 0.2) is 0 Å². The number of aryl methyl sites for hydroxylation is 1. The van der Waals surface area contributed by atoms with Crippen molar-refractivity contribution in [1.29, 1.82) is 0 Å². The number of carbonyl (C=O) groups excluding carboxylic acids is 1. The summed E-state index contributed by atoms with van der Waals surface area (Å²) in [5, 5.41) is 2.73. The van der Waals surface area contributed by atoms with Gasteiger partial charge in [-0.05, 0) is 79.7 Å². The minimum atomic E-state index is -0.532. The molecular formula is C26H23N3O2. The van der Waals surface area contributed by atoms with Gasteiger partial charge in [0.2, 0.25) is 0 Å². The maximum atomic E-state index is 12.2. The average molecular weight is 409 g/mol. The zero-order valence-electron chi connectivity index (χ0n) is 17.2. The van der Waals surface area contributed by atoms with E-state index in [9.17, 15) is 4.79 Å². The quantitative estimate of drug-likeness (QED) is 0.362. The van der Waals surface area contributed by atoms with Crippen LogP contribution in [-0.4, -0.2) is 6.09 Å². The maximum Gasteiger partial charge on any atom is 0.417 e. The highest BCUT2D eigenvalue weighted by Gasteiger charge is 2.13. The highest BCUT2D eigenvalue weighted by atomic mass is 16.6. The molecule has 4 aromatic rings. The van der Waals surface area contributed by atoms with Gasteiger partial charge in [0.05, 0.1) is 0 Å². The molecule has 0 bridgehead atoms. The molecule has 3 N–H and O–H groups in total. The molecule has 31 heavy (non-hydrogen) atoms. The molecule has 154 valence electrons. The van der Waals surface area contributed by atoms with Crippen molar-refractivity contribution in [2.24, 2.45) is 0 Å². The van der Waals surface area contributed by atoms with Gasteiger partial charge in [0, 0.05) is 28.4 Å². The third-order valence-electron chi connectivity index (χ3n) is 4.77. The molecule has 0 aromatic heterocycles. The fraction of sp³-hybridized carbons (Fsp3) is 0.0385. The van der Waals surface area contributed by atoms with Crippen LogP contribution in [0.15, 0.2) is 103 Å². The molecule has 5 nitrogen and oxygen atoms in total. The number of carbonyl (C=O) groups is 1. The lowest BCUT2D eigenvalue weighted by Gasteiger charge is -2.25. The standard InChI is InChI=1S/C26H23N3O2/c1-19-7-11-21(12-8-19)28-26(30)31-25-17-15-24(16-18-25)29(22-5-3-2-4-6-22)23-13-9-20(27)10-14-23/h2-18H,27H2,1H3,(H,28,30). The van der Waals surface area contributed by atoms with Gasteiger partial charge in [-0.3, -0.25) is 5.32 Å². The number of nitrogens with zero attached hydrogens (tertiary/aromatic N) is 1. The molecule has 0 atom stereocenters. The van der Waals surface area contributed by atoms with E-state index in [1.807, 2.05) is 97.9 Å². The number of hydrogen-bond acceptors (Lipinski definition) is 4. The first-order valence-corrected chi connectivity index (χ1v) is 9.95. The zero-order chi connectivity index (χ0) is 21.6. The average Bonchev–Trinajstić information content (AvgIpc) is 2.79. The van der Waals surface area contributed by atoms with Crippen molar-refractivity contribution in [3.05, 3.63) is 109 Å². The zero-order valence-corrected chi connectivity index (χ0v) is 17.2. The lowest BCUT2D eigenvalue weighted by atomic mass is 10.2. The summed E-state index contributed by atoms with van der Waals surface area (Å²) in [5.74, 6) is 0.457. The summed E-state index contributed by atoms with van der Waals surface area (Å²) in [6, 6.07) is 32.6. The predicted octanol–water partition coefficient (Wildman–Crippen LogP) is 6.66. The molecule has 4 rings (SSSR count). The summed E-state index contributed by atoms with van der Waals surface area (Å²) in [7, 11) is 0. The SMILES string of the molecule is Cc1ccc(NC(=O)Oc2ccc(N(c3ccccc3)c3ccc(N)cc3)cc2)cc1. The van der Waals surface area contributed by atoms with Crippen LogP contribution in [0.5, 0.6) is 5.75 Å². The Morgan fingerprint density at radius 1 is 0.742 bits per heavy atom. The molecule has 1 amide bonds. The Hall–Kier alpha value is -4.25. The van der Waals surface area contributed by atoms with Gasteiger partial charge in [-0.2, -0.15) is 0 Å². The normalized spacial score (nSPS) is 10.4. The van der Waals surface area contributed by atoms with Gasteiger partial charge in [-0.15, -0.1) is 0 Å². The Morgan fingerprint density at radius 3 is 1.90 bits per heavy atom. The van der Waals surface area contributed by atoms with Crippen molar-refractivity contribution in [2.45, 2.75) is 6.92 Å². The van der Waals surface area contributed by atoms with Crippen LogP contribution in [0.25, 0.3) is 0 Å². The van der Waals surface area contributed by atoms with Crippen LogP contribution < -0.4 is 20.7 Å². The molecule has 0 fully saturated rings. The Kier molecular flexibility index (Phi) is 5.85. The number of para-hydroxylation sites is 1. The Balaban J connectivity index is 1.53. The van der Waals surface area contributed by atoms with Gasteiger partial charge in [-0.1, -0.05) is 35.9 Å². The molecule has 0 heterocycles. The van der Waals surface area contributed by atoms with E-state index in [1.165, 1.54) is 0 Å². The fourth-order valence-corrected chi connectivity index (χ4v) is 3.20. The minimum Gasteiger partial charge on any atom is -0.410 e. The third-order valence-corrected chi connectivity index (χ3v) is 4.77. The third kappa shape index (κ3) is 5.03. The van der Waals surface area contributed by atoms with Crippen LogP contribution in [0.2, 0.25) is 0 Å². The molecule has 0 saturated heterocycles. The van der Waals surface area contributed by atoms with E-state index in [4.69, 9.17) is 10.5 Å². The van der Waals surface area contributed by atoms with Gasteiger partial charge >= 0.3 is 6.09 Å². The molecular weight excluding hydrogens is 386 g/mol. The molecule has 0 saturated carbocycles. The van der Waals surface area contributed by atoms with Crippen molar-refractivity contribution in [3.63, 3.8) is 0 Å². The Labute approximate surface area is 181 Å². The number of nitrogens with one attached hydrogen (secondary N) is 1. The number of nitrogen functional groups attached to an aromatic ring is 1. The highest BCUT2D eigenvalue weighted by molar-refractivity contribution is 5.86. The first-order chi connectivity index (χ1) is 15.1. The summed E-state index contributed by atoms with van der Waals surface area (Å²) in [6.07, 6.45) is -0.532. The van der Waals surface area contributed by atoms with E-state index in [-0.39, 0.29) is 0 Å². The largest absolute Gasteiger partial charge is 0.417 e. The Bertz CT molecular complexity index is 1140. The van der Waals surface area contributed by atoms with Gasteiger partial charge in [-0.25, -0.2) is 4.79 Å². The molecule has 0 aliphatic heterocycles. The number of anilines is 5. The van der Waals surface area contributed by atoms with Crippen molar-refractivity contribution in [3.8, 4) is 5.75 Å². The highest BCUT2D eigenvalue weighted by Crippen LogP contribution is 2.35. The van der Waals surface area contributed by atoms with E-state index in [1.54, 1.807) is 12.1 Å². The summed E-state index contributed by atoms with van der Waals surface area (Å²) >= 11 is 0. The van der Waals surface area contributed by atoms with Crippen molar-refractivity contribution in [1.82, 2.24) is 0 Å². The first kappa shape index (κ1) is 20.0. The fourth-order valence-electron chi connectivity index (χ4n) is 3.20. The van der Waals surface area contributed by atoms with Crippen LogP contribution in [0, 0.1) is 6.92 Å². The smallest absolute Gasteiger partial charge is 0.410 e. The number of rotatable bonds is 5. The topological polar surface area (TPSA) is 67.6 Å². The van der Waals surface area contributed by atoms with Crippen LogP contribution in [-0.2, 0) is 0 Å². The molecule has 0 radical (unpaired) electrons. The second-order valence-electron chi connectivity index (χ2n) is 7.14. The minimum absolute atomic E-state index is 0.457. The van der Waals surface area contributed by atoms with Crippen LogP contribution in [0.3, 0.4) is 0 Å². The monoisotopic (exact) mass is 409 g/mol. The molecule has 0 spiro atoms. The maximum absolute atomic E-state index is 12.2. The molecule has 0 unspecified atom stereocenters. The van der Waals surface area contributed by atoms with Crippen molar-refractivity contribution < 1.29 is 9.53 Å². The van der Waals surface area contributed by atoms with Gasteiger partial charge < -0.3 is 15.4 Å². The number of ether oxygens (including phenoxy) is 1. The van der Waals surface area contributed by atoms with Gasteiger partial charge in [0.25, 0.3) is 0 Å². The number of nitrogens with two attached hydrogens (primary N) is 1. The summed E-state index contributed by atoms with van der Waals surface area (Å²) in [5.41, 5.74) is 11.3. The van der Waals surface area contributed by atoms with Gasteiger partial charge in [0.1, 0.15) is 5.75 Å². The number of amides is 1. The number of hydrogen-bond donors (Lipinski definition) is 2. The van der Waals surface area contributed by atoms with Crippen LogP contribution in [0.1, 0.15) is 5.56 Å². The van der Waals surface area contributed by atoms with E-state index < -0.39 is 6.09 Å². The van der Waals surface area contributed by atoms with E-state index >= 15 is 0 Å². The summed E-state index contributed by atoms with van der Waals surface area (Å²) < 4.78 is 5.43. The second kappa shape index (κ2) is 9.05. The molecule has 5 heteroatoms. The predicted molar refractivity (Wildman–Crippen MR) is 126 cm³/mol. The van der Waals surface area contributed by atoms with E-state index in [2.05, 4.69) is 10.2 Å². The first-order valence-electron chi connectivity index (χ1n) is 9.95. The molecule has 4 aromatic carbocycles. The lowest BCUT2D eigenvalue weighted by molar-refractivity contribution is 0.215. The van der Waals surface area contributed by atoms with Crippen LogP contribution >= 0.6 is 0 Å². The molecule has 0 aliphatic carbocycles. The molecule has 0 aliphatic rings. The lowest BCUT2D eigenvalue weighted by Crippen LogP contribution is -2.16. The Morgan fingerprint density at radius 2 is 1.29 bits per heavy atom. The second-order valence-corrected chi connectivity index (χ2v) is 7.14. The van der Waals surface area contributed by atoms with Crippen molar-refractivity contribution >= 4 is 34.5 Å². The van der Waals surface area contributed by atoms with E-state index in [0.717, 1.165) is 22.6 Å². The number of benzene rings is 4.